The fourth-order valence-corrected chi connectivity index (χ4v) is 2.85. The predicted molar refractivity (Wildman–Crippen MR) is 92.0 cm³/mol. The monoisotopic (exact) mass is 349 g/mol. The normalized spacial score (nSPS) is 14.4. The Kier molecular flexibility index (Phi) is 4.83. The summed E-state index contributed by atoms with van der Waals surface area (Å²) >= 11 is 0. The molecule has 4 nitrogen and oxygen atoms in total. The smallest absolute Gasteiger partial charge is 0.370 e. The number of halogens is 3. The fraction of sp³-hybridized carbons (Fsp3) is 0.278. The van der Waals surface area contributed by atoms with E-state index >= 15 is 0 Å². The number of rotatable bonds is 3. The molecule has 0 saturated carbocycles. The molecule has 25 heavy (non-hydrogen) atoms. The van der Waals surface area contributed by atoms with Gasteiger partial charge in [-0.1, -0.05) is 18.2 Å². The van der Waals surface area contributed by atoms with E-state index in [-0.39, 0.29) is 5.69 Å². The number of carbonyl (C=O) groups is 1. The van der Waals surface area contributed by atoms with Crippen molar-refractivity contribution in [1.82, 2.24) is 0 Å². The summed E-state index contributed by atoms with van der Waals surface area (Å²) < 4.78 is 39.1. The molecule has 0 unspecified atom stereocenters. The zero-order chi connectivity index (χ0) is 17.9. The van der Waals surface area contributed by atoms with E-state index < -0.39 is 17.8 Å². The number of nitrogens with zero attached hydrogens (tertiary/aromatic N) is 1. The Balaban J connectivity index is 1.84. The van der Waals surface area contributed by atoms with Crippen molar-refractivity contribution in [3.05, 3.63) is 54.1 Å². The topological polar surface area (TPSA) is 44.4 Å². The number of amides is 2. The second-order valence-electron chi connectivity index (χ2n) is 5.87. The van der Waals surface area contributed by atoms with Crippen LogP contribution in [0.25, 0.3) is 0 Å². The first-order chi connectivity index (χ1) is 11.9. The molecule has 0 bridgehead atoms. The molecule has 2 amide bonds. The summed E-state index contributed by atoms with van der Waals surface area (Å²) in [5.74, 6) is 0. The lowest BCUT2D eigenvalue weighted by Crippen LogP contribution is -2.24. The average molecular weight is 349 g/mol. The van der Waals surface area contributed by atoms with Gasteiger partial charge in [-0.05, 0) is 43.2 Å². The van der Waals surface area contributed by atoms with E-state index in [4.69, 9.17) is 0 Å². The molecule has 2 N–H and O–H groups in total. The third kappa shape index (κ3) is 4.23. The molecule has 1 aliphatic rings. The summed E-state index contributed by atoms with van der Waals surface area (Å²) in [6.07, 6.45) is -2.50. The van der Waals surface area contributed by atoms with Crippen LogP contribution < -0.4 is 15.5 Å². The van der Waals surface area contributed by atoms with Gasteiger partial charge in [-0.25, -0.2) is 4.79 Å². The van der Waals surface area contributed by atoms with Crippen LogP contribution >= 0.6 is 0 Å². The Morgan fingerprint density at radius 1 is 0.960 bits per heavy atom. The molecule has 3 rings (SSSR count). The van der Waals surface area contributed by atoms with E-state index in [9.17, 15) is 18.0 Å². The van der Waals surface area contributed by atoms with E-state index in [1.807, 2.05) is 4.90 Å². The third-order valence-corrected chi connectivity index (χ3v) is 4.05. The van der Waals surface area contributed by atoms with Gasteiger partial charge in [0.15, 0.2) is 0 Å². The Morgan fingerprint density at radius 2 is 1.64 bits per heavy atom. The van der Waals surface area contributed by atoms with E-state index in [1.54, 1.807) is 30.3 Å². The van der Waals surface area contributed by atoms with E-state index in [0.717, 1.165) is 38.1 Å². The number of nitrogens with one attached hydrogen (secondary N) is 2. The van der Waals surface area contributed by atoms with Crippen molar-refractivity contribution in [2.75, 3.05) is 28.6 Å². The van der Waals surface area contributed by atoms with Gasteiger partial charge in [-0.15, -0.1) is 0 Å². The van der Waals surface area contributed by atoms with Crippen molar-refractivity contribution >= 4 is 23.1 Å². The van der Waals surface area contributed by atoms with E-state index in [1.165, 1.54) is 6.07 Å². The van der Waals surface area contributed by atoms with E-state index in [2.05, 4.69) is 10.6 Å². The molecule has 1 saturated heterocycles. The largest absolute Gasteiger partial charge is 0.416 e. The van der Waals surface area contributed by atoms with Crippen molar-refractivity contribution in [3.63, 3.8) is 0 Å². The van der Waals surface area contributed by atoms with Gasteiger partial charge in [0.05, 0.1) is 16.9 Å². The maximum Gasteiger partial charge on any atom is 0.416 e. The van der Waals surface area contributed by atoms with Gasteiger partial charge in [0.25, 0.3) is 0 Å². The number of alkyl halides is 3. The summed E-state index contributed by atoms with van der Waals surface area (Å²) in [5, 5.41) is 5.17. The first kappa shape index (κ1) is 17.1. The third-order valence-electron chi connectivity index (χ3n) is 4.05. The standard InChI is InChI=1S/C18H18F3N3O/c19-18(20,21)13-8-9-16(24-10-4-5-11-24)15(12-13)23-17(25)22-14-6-2-1-3-7-14/h1-3,6-9,12H,4-5,10-11H2,(H2,22,23,25). The minimum Gasteiger partial charge on any atom is -0.370 e. The summed E-state index contributed by atoms with van der Waals surface area (Å²) in [7, 11) is 0. The fourth-order valence-electron chi connectivity index (χ4n) is 2.85. The van der Waals surface area contributed by atoms with Gasteiger partial charge in [-0.2, -0.15) is 13.2 Å². The minimum absolute atomic E-state index is 0.158. The predicted octanol–water partition coefficient (Wildman–Crippen LogP) is 4.95. The van der Waals surface area contributed by atoms with Gasteiger partial charge in [0, 0.05) is 18.8 Å². The molecular formula is C18H18F3N3O. The van der Waals surface area contributed by atoms with Crippen molar-refractivity contribution in [2.24, 2.45) is 0 Å². The van der Waals surface area contributed by atoms with Crippen LogP contribution in [0.3, 0.4) is 0 Å². The highest BCUT2D eigenvalue weighted by Gasteiger charge is 2.32. The lowest BCUT2D eigenvalue weighted by molar-refractivity contribution is -0.137. The Morgan fingerprint density at radius 3 is 2.28 bits per heavy atom. The van der Waals surface area contributed by atoms with Crippen LogP contribution in [0, 0.1) is 0 Å². The maximum atomic E-state index is 13.0. The molecule has 1 heterocycles. The minimum atomic E-state index is -4.46. The Labute approximate surface area is 143 Å². The van der Waals surface area contributed by atoms with Gasteiger partial charge in [0.1, 0.15) is 0 Å². The highest BCUT2D eigenvalue weighted by atomic mass is 19.4. The summed E-state index contributed by atoms with van der Waals surface area (Å²) in [5.41, 5.74) is 0.541. The molecular weight excluding hydrogens is 331 g/mol. The average Bonchev–Trinajstić information content (AvgIpc) is 3.09. The molecule has 1 fully saturated rings. The number of para-hydroxylation sites is 1. The van der Waals surface area contributed by atoms with Crippen molar-refractivity contribution in [2.45, 2.75) is 19.0 Å². The lowest BCUT2D eigenvalue weighted by atomic mass is 10.1. The quantitative estimate of drug-likeness (QED) is 0.823. The highest BCUT2D eigenvalue weighted by molar-refractivity contribution is 6.02. The Hall–Kier alpha value is -2.70. The molecule has 0 atom stereocenters. The summed E-state index contributed by atoms with van der Waals surface area (Å²) in [6, 6.07) is 11.6. The first-order valence-corrected chi connectivity index (χ1v) is 8.03. The van der Waals surface area contributed by atoms with E-state index in [0.29, 0.717) is 11.4 Å². The first-order valence-electron chi connectivity index (χ1n) is 8.03. The van der Waals surface area contributed by atoms with Crippen molar-refractivity contribution < 1.29 is 18.0 Å². The number of hydrogen-bond acceptors (Lipinski definition) is 2. The van der Waals surface area contributed by atoms with Gasteiger partial charge >= 0.3 is 12.2 Å². The van der Waals surface area contributed by atoms with Crippen LogP contribution in [0.2, 0.25) is 0 Å². The van der Waals surface area contributed by atoms with Crippen LogP contribution in [0.5, 0.6) is 0 Å². The molecule has 2 aromatic carbocycles. The van der Waals surface area contributed by atoms with Crippen LogP contribution in [0.4, 0.5) is 35.0 Å². The zero-order valence-electron chi connectivity index (χ0n) is 13.4. The molecule has 0 aliphatic carbocycles. The summed E-state index contributed by atoms with van der Waals surface area (Å²) in [6.45, 7) is 1.53. The lowest BCUT2D eigenvalue weighted by Gasteiger charge is -2.23. The van der Waals surface area contributed by atoms with Gasteiger partial charge < -0.3 is 15.5 Å². The zero-order valence-corrected chi connectivity index (χ0v) is 13.4. The number of hydrogen-bond donors (Lipinski definition) is 2. The Bertz CT molecular complexity index is 741. The number of carbonyl (C=O) groups excluding carboxylic acids is 1. The molecule has 0 radical (unpaired) electrons. The van der Waals surface area contributed by atoms with Crippen molar-refractivity contribution in [3.8, 4) is 0 Å². The van der Waals surface area contributed by atoms with Gasteiger partial charge in [-0.3, -0.25) is 0 Å². The second kappa shape index (κ2) is 7.04. The number of urea groups is 1. The second-order valence-corrected chi connectivity index (χ2v) is 5.87. The SMILES string of the molecule is O=C(Nc1ccccc1)Nc1cc(C(F)(F)F)ccc1N1CCCC1. The highest BCUT2D eigenvalue weighted by Crippen LogP contribution is 2.36. The molecule has 0 aromatic heterocycles. The van der Waals surface area contributed by atoms with Crippen LogP contribution in [0.15, 0.2) is 48.5 Å². The summed E-state index contributed by atoms with van der Waals surface area (Å²) in [4.78, 5) is 14.2. The number of anilines is 3. The van der Waals surface area contributed by atoms with Crippen LogP contribution in [-0.4, -0.2) is 19.1 Å². The number of benzene rings is 2. The maximum absolute atomic E-state index is 13.0. The van der Waals surface area contributed by atoms with Gasteiger partial charge in [0.2, 0.25) is 0 Å². The van der Waals surface area contributed by atoms with Crippen LogP contribution in [0.1, 0.15) is 18.4 Å². The van der Waals surface area contributed by atoms with Crippen LogP contribution in [-0.2, 0) is 6.18 Å². The molecule has 0 spiro atoms. The van der Waals surface area contributed by atoms with Crippen molar-refractivity contribution in [1.29, 1.82) is 0 Å². The molecule has 2 aromatic rings. The molecule has 7 heteroatoms. The molecule has 1 aliphatic heterocycles. The molecule has 132 valence electrons.